The van der Waals surface area contributed by atoms with Crippen LogP contribution < -0.4 is 15.8 Å². The number of nitrogens with two attached hydrogens (primary N) is 1. The third-order valence-corrected chi connectivity index (χ3v) is 12.0. The van der Waals surface area contributed by atoms with Crippen molar-refractivity contribution >= 4 is 36.0 Å². The van der Waals surface area contributed by atoms with Crippen molar-refractivity contribution < 1.29 is 18.4 Å². The first kappa shape index (κ1) is 49.8. The molecule has 1 aromatic heterocycles. The molecule has 6 rings (SSSR count). The van der Waals surface area contributed by atoms with Crippen LogP contribution in [0.3, 0.4) is 0 Å². The second kappa shape index (κ2) is 25.9. The van der Waals surface area contributed by atoms with Gasteiger partial charge in [-0.15, -0.1) is 32.2 Å². The largest absolute Gasteiger partial charge is 0.375 e. The van der Waals surface area contributed by atoms with E-state index in [-0.39, 0.29) is 30.1 Å². The highest BCUT2D eigenvalue weighted by molar-refractivity contribution is 7.77. The molecule has 57 heavy (non-hydrogen) atoms. The van der Waals surface area contributed by atoms with Gasteiger partial charge in [0.1, 0.15) is 5.54 Å². The molecule has 3 aliphatic carbocycles. The van der Waals surface area contributed by atoms with Gasteiger partial charge in [0, 0.05) is 24.7 Å². The molecule has 1 amide bonds. The van der Waals surface area contributed by atoms with Gasteiger partial charge in [-0.1, -0.05) is 97.8 Å². The van der Waals surface area contributed by atoms with Crippen LogP contribution in [-0.4, -0.2) is 65.2 Å². The molecule has 2 heterocycles. The summed E-state index contributed by atoms with van der Waals surface area (Å²) in [6, 6.07) is 6.47. The number of rotatable bonds is 19. The lowest BCUT2D eigenvalue weighted by Gasteiger charge is -2.31. The summed E-state index contributed by atoms with van der Waals surface area (Å²) in [4.78, 5) is 35.4. The standard InChI is InChI=1S/C38H54F2N4O.C4H7NO.C2H6.C2H2.H3NS/c1-5-25-16-19-32-33(20-25)42-34(31(41-32)15-9-7-8-12-26-13-10-11-14-26)21-28-23-44(4)35(29(28)6-2)24(3)43-38(22-30(38)37(39)40)36(45)27-17-18-27;1-2-3-5-4-6;3*1-2/h16,19-20,26-30,35,37,43H,3,5-15,17-18,21-23H2,1-2,4H3;2,4H,1,3H2,(H,5,6);1-2H3;1-2H;2H,1H2/t28-,29?,30?,35?,38+;;;;/m0..../s1. The first-order valence-corrected chi connectivity index (χ1v) is 21.8. The zero-order valence-electron chi connectivity index (χ0n) is 35.5. The second-order valence-corrected chi connectivity index (χ2v) is 15.7. The van der Waals surface area contributed by atoms with Crippen molar-refractivity contribution in [1.82, 2.24) is 25.5 Å². The number of aryl methyl sites for hydroxylation is 2. The van der Waals surface area contributed by atoms with E-state index in [1.807, 2.05) is 13.8 Å². The highest BCUT2D eigenvalue weighted by Crippen LogP contribution is 2.53. The number of nitrogens with one attached hydrogen (secondary N) is 2. The molecule has 5 atom stereocenters. The van der Waals surface area contributed by atoms with E-state index in [9.17, 15) is 18.4 Å². The molecule has 3 unspecified atom stereocenters. The number of Topliss-reactive ketones (excluding diaryl/α,β-unsaturated/α-hetero) is 1. The number of aromatic nitrogens is 2. The summed E-state index contributed by atoms with van der Waals surface area (Å²) in [7, 11) is 2.11. The fraction of sp³-hybridized carbons (Fsp3) is 0.652. The second-order valence-electron chi connectivity index (χ2n) is 15.7. The van der Waals surface area contributed by atoms with Crippen molar-refractivity contribution in [3.63, 3.8) is 0 Å². The van der Waals surface area contributed by atoms with Crippen molar-refractivity contribution in [1.29, 1.82) is 0 Å². The molecular weight excluding hydrogens is 739 g/mol. The van der Waals surface area contributed by atoms with Gasteiger partial charge < -0.3 is 10.6 Å². The topological polar surface area (TPSA) is 113 Å². The van der Waals surface area contributed by atoms with E-state index in [4.69, 9.17) is 9.97 Å². The van der Waals surface area contributed by atoms with E-state index in [1.165, 1.54) is 50.5 Å². The highest BCUT2D eigenvalue weighted by Gasteiger charge is 2.66. The third kappa shape index (κ3) is 13.9. The van der Waals surface area contributed by atoms with Crippen molar-refractivity contribution in [3.8, 4) is 12.8 Å². The molecule has 1 aliphatic heterocycles. The number of alkyl halides is 2. The summed E-state index contributed by atoms with van der Waals surface area (Å²) in [5.41, 5.74) is 5.07. The number of likely N-dealkylation sites (N-methyl/N-ethyl adjacent to an activating group) is 1. The number of amides is 1. The van der Waals surface area contributed by atoms with Crippen LogP contribution >= 0.6 is 12.8 Å². The summed E-state index contributed by atoms with van der Waals surface area (Å²) in [5.74, 6) is 0.568. The Morgan fingerprint density at radius 2 is 1.74 bits per heavy atom. The zero-order valence-corrected chi connectivity index (χ0v) is 36.4. The maximum absolute atomic E-state index is 13.9. The number of likely N-dealkylation sites (tertiary alicyclic amines) is 1. The van der Waals surface area contributed by atoms with Gasteiger partial charge in [-0.05, 0) is 87.4 Å². The van der Waals surface area contributed by atoms with Crippen LogP contribution in [0.1, 0.15) is 122 Å². The number of nitrogens with zero attached hydrogens (tertiary/aromatic N) is 3. The van der Waals surface area contributed by atoms with Gasteiger partial charge in [0.15, 0.2) is 5.78 Å². The Morgan fingerprint density at radius 1 is 1.07 bits per heavy atom. The quantitative estimate of drug-likeness (QED) is 0.0368. The molecule has 1 saturated heterocycles. The smallest absolute Gasteiger partial charge is 0.244 e. The minimum absolute atomic E-state index is 0.0121. The van der Waals surface area contributed by atoms with Crippen LogP contribution in [-0.2, 0) is 28.9 Å². The number of hydrogen-bond acceptors (Lipinski definition) is 8. The minimum atomic E-state index is -2.50. The van der Waals surface area contributed by atoms with Crippen molar-refractivity contribution in [2.24, 2.45) is 34.7 Å². The summed E-state index contributed by atoms with van der Waals surface area (Å²) < 4.78 is 27.7. The Bertz CT molecular complexity index is 1550. The van der Waals surface area contributed by atoms with Crippen LogP contribution in [0.4, 0.5) is 8.78 Å². The van der Waals surface area contributed by atoms with Crippen molar-refractivity contribution in [2.45, 2.75) is 142 Å². The lowest BCUT2D eigenvalue weighted by molar-refractivity contribution is -0.124. The van der Waals surface area contributed by atoms with E-state index in [2.05, 4.69) is 98.6 Å². The van der Waals surface area contributed by atoms with Gasteiger partial charge in [0.05, 0.1) is 34.4 Å². The number of carbonyl (C=O) groups is 2. The average molecular weight is 811 g/mol. The molecule has 318 valence electrons. The van der Waals surface area contributed by atoms with Gasteiger partial charge in [0.2, 0.25) is 12.8 Å². The van der Waals surface area contributed by atoms with E-state index in [0.29, 0.717) is 18.9 Å². The Kier molecular flexibility index (Phi) is 22.6. The van der Waals surface area contributed by atoms with Crippen LogP contribution in [0.2, 0.25) is 0 Å². The Labute approximate surface area is 348 Å². The van der Waals surface area contributed by atoms with Gasteiger partial charge in [-0.3, -0.25) is 19.6 Å². The van der Waals surface area contributed by atoms with E-state index in [1.54, 1.807) is 6.08 Å². The maximum atomic E-state index is 13.9. The number of terminal acetylenes is 1. The molecule has 1 aromatic carbocycles. The average Bonchev–Trinajstić information content (AvgIpc) is 4.13. The number of thiol groups is 1. The minimum Gasteiger partial charge on any atom is -0.375 e. The number of carbonyl (C=O) groups excluding carboxylic acids is 2. The first-order valence-electron chi connectivity index (χ1n) is 21.3. The van der Waals surface area contributed by atoms with Crippen LogP contribution in [0, 0.1) is 42.4 Å². The van der Waals surface area contributed by atoms with Gasteiger partial charge in [-0.25, -0.2) is 18.7 Å². The summed E-state index contributed by atoms with van der Waals surface area (Å²) >= 11 is 3.03. The zero-order chi connectivity index (χ0) is 42.5. The maximum Gasteiger partial charge on any atom is 0.244 e. The van der Waals surface area contributed by atoms with E-state index >= 15 is 0 Å². The molecule has 0 spiro atoms. The number of unbranched alkanes of at least 4 members (excludes halogenated alkanes) is 2. The molecule has 4 fully saturated rings. The van der Waals surface area contributed by atoms with Gasteiger partial charge in [0.25, 0.3) is 0 Å². The molecule has 4 N–H and O–H groups in total. The molecule has 8 nitrogen and oxygen atoms in total. The first-order chi connectivity index (χ1) is 27.6. The Hall–Kier alpha value is -3.33. The predicted octanol–water partition coefficient (Wildman–Crippen LogP) is 9.07. The van der Waals surface area contributed by atoms with E-state index in [0.717, 1.165) is 85.5 Å². The molecule has 2 aromatic rings. The molecule has 0 bridgehead atoms. The number of hydrogen-bond donors (Lipinski definition) is 4. The molecular formula is C46H72F2N6O2S. The summed E-state index contributed by atoms with van der Waals surface area (Å²) in [5, 5.41) is 9.95. The summed E-state index contributed by atoms with van der Waals surface area (Å²) in [6.07, 6.45) is 24.0. The Balaban J connectivity index is 0.000000835. The molecule has 11 heteroatoms. The van der Waals surface area contributed by atoms with Crippen LogP contribution in [0.15, 0.2) is 43.1 Å². The highest BCUT2D eigenvalue weighted by atomic mass is 32.1. The Morgan fingerprint density at radius 3 is 2.28 bits per heavy atom. The molecule has 0 radical (unpaired) electrons. The third-order valence-electron chi connectivity index (χ3n) is 12.0. The number of halogens is 2. The van der Waals surface area contributed by atoms with Crippen LogP contribution in [0.25, 0.3) is 11.0 Å². The monoisotopic (exact) mass is 811 g/mol. The summed E-state index contributed by atoms with van der Waals surface area (Å²) in [6.45, 7) is 17.6. The van der Waals surface area contributed by atoms with Crippen molar-refractivity contribution in [3.05, 3.63) is 60.1 Å². The van der Waals surface area contributed by atoms with Gasteiger partial charge in [-0.2, -0.15) is 0 Å². The van der Waals surface area contributed by atoms with Gasteiger partial charge >= 0.3 is 0 Å². The molecule has 4 aliphatic rings. The van der Waals surface area contributed by atoms with Crippen molar-refractivity contribution in [2.75, 3.05) is 20.1 Å². The number of fused-ring (bicyclic) bond motifs is 1. The fourth-order valence-electron chi connectivity index (χ4n) is 8.99. The predicted molar refractivity (Wildman–Crippen MR) is 236 cm³/mol. The van der Waals surface area contributed by atoms with Crippen LogP contribution in [0.5, 0.6) is 0 Å². The number of benzene rings is 1. The number of ketones is 1. The lowest BCUT2D eigenvalue weighted by atomic mass is 9.83. The SMILES string of the molecule is C#C.C=C(N[C@]1(C(=O)C2CC2)CC1C(F)F)C1C(CC)[C@@H](Cc2nc3cc(CC)ccc3nc2CCCCCC2CCCC2)CN1C.C=CCNC=O.CC.NS. The lowest BCUT2D eigenvalue weighted by Crippen LogP contribution is -2.48. The normalized spacial score (nSPS) is 23.6. The molecule has 3 saturated carbocycles. The van der Waals surface area contributed by atoms with E-state index < -0.39 is 17.9 Å². The fourth-order valence-corrected chi connectivity index (χ4v) is 8.99.